The molecule has 0 aliphatic heterocycles. The standard InChI is InChI=1S/C11H5F6N3OS/c12-10(13,14)6-1-2-18-3-5(6)8(21)20-9-19-7(4-22-9)11(15,16)17/h1-4H,(H,19,20,21). The molecule has 0 aromatic carbocycles. The van der Waals surface area contributed by atoms with Gasteiger partial charge in [-0.25, -0.2) is 4.98 Å². The molecule has 0 saturated heterocycles. The van der Waals surface area contributed by atoms with E-state index in [0.717, 1.165) is 6.20 Å². The summed E-state index contributed by atoms with van der Waals surface area (Å²) < 4.78 is 75.3. The third-order valence-corrected chi connectivity index (χ3v) is 3.14. The summed E-state index contributed by atoms with van der Waals surface area (Å²) >= 11 is 0.448. The number of thiazole rings is 1. The van der Waals surface area contributed by atoms with E-state index in [-0.39, 0.29) is 0 Å². The highest BCUT2D eigenvalue weighted by Gasteiger charge is 2.36. The topological polar surface area (TPSA) is 54.9 Å². The Morgan fingerprint density at radius 2 is 1.82 bits per heavy atom. The van der Waals surface area contributed by atoms with E-state index in [1.54, 1.807) is 0 Å². The number of alkyl halides is 6. The molecule has 0 radical (unpaired) electrons. The molecular formula is C11H5F6N3OS. The van der Waals surface area contributed by atoms with Gasteiger partial charge in [-0.2, -0.15) is 26.3 Å². The number of nitrogens with one attached hydrogen (secondary N) is 1. The second kappa shape index (κ2) is 5.55. The van der Waals surface area contributed by atoms with Crippen LogP contribution in [0.1, 0.15) is 21.6 Å². The maximum absolute atomic E-state index is 12.7. The zero-order valence-corrected chi connectivity index (χ0v) is 11.1. The first-order valence-corrected chi connectivity index (χ1v) is 6.32. The van der Waals surface area contributed by atoms with Gasteiger partial charge in [-0.3, -0.25) is 15.1 Å². The Morgan fingerprint density at radius 3 is 2.36 bits per heavy atom. The lowest BCUT2D eigenvalue weighted by Crippen LogP contribution is -2.19. The third-order valence-electron chi connectivity index (χ3n) is 2.39. The normalized spacial score (nSPS) is 12.3. The van der Waals surface area contributed by atoms with Crippen molar-refractivity contribution in [1.82, 2.24) is 9.97 Å². The summed E-state index contributed by atoms with van der Waals surface area (Å²) in [6.45, 7) is 0. The summed E-state index contributed by atoms with van der Waals surface area (Å²) in [5.74, 6) is -1.25. The maximum Gasteiger partial charge on any atom is 0.434 e. The minimum absolute atomic E-state index is 0.448. The molecule has 0 bridgehead atoms. The molecule has 0 aliphatic rings. The smallest absolute Gasteiger partial charge is 0.298 e. The summed E-state index contributed by atoms with van der Waals surface area (Å²) in [5, 5.41) is 2.07. The van der Waals surface area contributed by atoms with E-state index < -0.39 is 40.2 Å². The van der Waals surface area contributed by atoms with Gasteiger partial charge in [0.1, 0.15) is 0 Å². The molecule has 0 atom stereocenters. The number of rotatable bonds is 2. The number of hydrogen-bond donors (Lipinski definition) is 1. The van der Waals surface area contributed by atoms with E-state index >= 15 is 0 Å². The summed E-state index contributed by atoms with van der Waals surface area (Å²) in [6.07, 6.45) is -7.97. The van der Waals surface area contributed by atoms with Crippen molar-refractivity contribution in [3.05, 3.63) is 40.7 Å². The fourth-order valence-corrected chi connectivity index (χ4v) is 2.16. The van der Waals surface area contributed by atoms with E-state index in [4.69, 9.17) is 0 Å². The maximum atomic E-state index is 12.7. The second-order valence-electron chi connectivity index (χ2n) is 3.91. The fraction of sp³-hybridized carbons (Fsp3) is 0.182. The summed E-state index contributed by atoms with van der Waals surface area (Å²) in [4.78, 5) is 18.3. The van der Waals surface area contributed by atoms with E-state index in [1.807, 2.05) is 5.32 Å². The van der Waals surface area contributed by atoms with Crippen molar-refractivity contribution >= 4 is 22.4 Å². The lowest BCUT2D eigenvalue weighted by atomic mass is 10.1. The predicted molar refractivity (Wildman–Crippen MR) is 64.3 cm³/mol. The van der Waals surface area contributed by atoms with Gasteiger partial charge < -0.3 is 0 Å². The van der Waals surface area contributed by atoms with Gasteiger partial charge in [-0.15, -0.1) is 11.3 Å². The Kier molecular flexibility index (Phi) is 4.09. The molecule has 22 heavy (non-hydrogen) atoms. The molecular weight excluding hydrogens is 336 g/mol. The Balaban J connectivity index is 2.26. The Morgan fingerprint density at radius 1 is 1.14 bits per heavy atom. The van der Waals surface area contributed by atoms with Crippen LogP contribution < -0.4 is 5.32 Å². The molecule has 0 unspecified atom stereocenters. The summed E-state index contributed by atoms with van der Waals surface area (Å²) in [6, 6.07) is 0.595. The van der Waals surface area contributed by atoms with Crippen molar-refractivity contribution in [2.45, 2.75) is 12.4 Å². The summed E-state index contributed by atoms with van der Waals surface area (Å²) in [5.41, 5.74) is -3.29. The highest BCUT2D eigenvalue weighted by atomic mass is 32.1. The first-order chi connectivity index (χ1) is 10.1. The number of carbonyl (C=O) groups is 1. The Bertz CT molecular complexity index is 694. The van der Waals surface area contributed by atoms with Crippen LogP contribution in [0.5, 0.6) is 0 Å². The van der Waals surface area contributed by atoms with E-state index in [0.29, 0.717) is 29.0 Å². The number of anilines is 1. The lowest BCUT2D eigenvalue weighted by molar-refractivity contribution is -0.140. The van der Waals surface area contributed by atoms with Gasteiger partial charge in [0.2, 0.25) is 0 Å². The molecule has 1 N–H and O–H groups in total. The quantitative estimate of drug-likeness (QED) is 0.845. The summed E-state index contributed by atoms with van der Waals surface area (Å²) in [7, 11) is 0. The highest BCUT2D eigenvalue weighted by molar-refractivity contribution is 7.14. The van der Waals surface area contributed by atoms with Crippen LogP contribution in [0.3, 0.4) is 0 Å². The average Bonchev–Trinajstić information content (AvgIpc) is 2.86. The van der Waals surface area contributed by atoms with Crippen LogP contribution in [-0.4, -0.2) is 15.9 Å². The van der Waals surface area contributed by atoms with Crippen LogP contribution in [-0.2, 0) is 12.4 Å². The monoisotopic (exact) mass is 341 g/mol. The van der Waals surface area contributed by atoms with Crippen LogP contribution in [0.2, 0.25) is 0 Å². The SMILES string of the molecule is O=C(Nc1nc(C(F)(F)F)cs1)c1cnccc1C(F)(F)F. The molecule has 0 spiro atoms. The van der Waals surface area contributed by atoms with Crippen molar-refractivity contribution in [1.29, 1.82) is 0 Å². The Hall–Kier alpha value is -2.17. The molecule has 11 heteroatoms. The zero-order chi connectivity index (χ0) is 16.5. The van der Waals surface area contributed by atoms with Gasteiger partial charge in [0.25, 0.3) is 5.91 Å². The molecule has 1 amide bonds. The van der Waals surface area contributed by atoms with Gasteiger partial charge in [0.05, 0.1) is 11.1 Å². The molecule has 2 rings (SSSR count). The van der Waals surface area contributed by atoms with Crippen molar-refractivity contribution in [3.8, 4) is 0 Å². The van der Waals surface area contributed by atoms with Gasteiger partial charge in [-0.05, 0) is 6.07 Å². The lowest BCUT2D eigenvalue weighted by Gasteiger charge is -2.11. The van der Waals surface area contributed by atoms with Crippen molar-refractivity contribution < 1.29 is 31.1 Å². The highest BCUT2D eigenvalue weighted by Crippen LogP contribution is 2.33. The van der Waals surface area contributed by atoms with Crippen LogP contribution in [0, 0.1) is 0 Å². The second-order valence-corrected chi connectivity index (χ2v) is 4.77. The molecule has 4 nitrogen and oxygen atoms in total. The van der Waals surface area contributed by atoms with Crippen molar-refractivity contribution in [2.24, 2.45) is 0 Å². The third kappa shape index (κ3) is 3.53. The number of nitrogens with zero attached hydrogens (tertiary/aromatic N) is 2. The fourth-order valence-electron chi connectivity index (χ4n) is 1.45. The Labute approximate surface area is 122 Å². The van der Waals surface area contributed by atoms with Gasteiger partial charge >= 0.3 is 12.4 Å². The number of halogens is 6. The number of pyridine rings is 1. The molecule has 0 saturated carbocycles. The van der Waals surface area contributed by atoms with Gasteiger partial charge in [0.15, 0.2) is 10.8 Å². The van der Waals surface area contributed by atoms with Gasteiger partial charge in [-0.1, -0.05) is 0 Å². The molecule has 118 valence electrons. The number of amides is 1. The van der Waals surface area contributed by atoms with Crippen LogP contribution in [0.25, 0.3) is 0 Å². The zero-order valence-electron chi connectivity index (χ0n) is 10.3. The molecule has 2 aromatic heterocycles. The molecule has 0 fully saturated rings. The number of carbonyl (C=O) groups excluding carboxylic acids is 1. The number of aromatic nitrogens is 2. The predicted octanol–water partition coefficient (Wildman–Crippen LogP) is 3.83. The largest absolute Gasteiger partial charge is 0.434 e. The first kappa shape index (κ1) is 16.2. The minimum atomic E-state index is -4.80. The average molecular weight is 341 g/mol. The van der Waals surface area contributed by atoms with Gasteiger partial charge in [0, 0.05) is 17.8 Å². The van der Waals surface area contributed by atoms with Crippen LogP contribution in [0.15, 0.2) is 23.8 Å². The van der Waals surface area contributed by atoms with Crippen molar-refractivity contribution in [2.75, 3.05) is 5.32 Å². The van der Waals surface area contributed by atoms with Crippen LogP contribution in [0.4, 0.5) is 31.5 Å². The molecule has 0 aliphatic carbocycles. The minimum Gasteiger partial charge on any atom is -0.298 e. The number of hydrogen-bond acceptors (Lipinski definition) is 4. The van der Waals surface area contributed by atoms with E-state index in [9.17, 15) is 31.1 Å². The first-order valence-electron chi connectivity index (χ1n) is 5.44. The van der Waals surface area contributed by atoms with Crippen LogP contribution >= 0.6 is 11.3 Å². The molecule has 2 aromatic rings. The van der Waals surface area contributed by atoms with Crippen molar-refractivity contribution in [3.63, 3.8) is 0 Å². The van der Waals surface area contributed by atoms with E-state index in [2.05, 4.69) is 9.97 Å². The van der Waals surface area contributed by atoms with E-state index in [1.165, 1.54) is 0 Å². The molecule has 2 heterocycles.